The van der Waals surface area contributed by atoms with Gasteiger partial charge >= 0.3 is 0 Å². The summed E-state index contributed by atoms with van der Waals surface area (Å²) >= 11 is 1.91. The lowest BCUT2D eigenvalue weighted by Crippen LogP contribution is -2.39. The van der Waals surface area contributed by atoms with Gasteiger partial charge in [-0.05, 0) is 11.2 Å². The summed E-state index contributed by atoms with van der Waals surface area (Å²) in [5, 5.41) is 4.89. The van der Waals surface area contributed by atoms with Crippen LogP contribution in [0.4, 0.5) is 0 Å². The van der Waals surface area contributed by atoms with Crippen LogP contribution >= 0.6 is 11.8 Å². The van der Waals surface area contributed by atoms with Crippen LogP contribution < -0.4 is 11.3 Å². The Morgan fingerprint density at radius 2 is 2.11 bits per heavy atom. The molecule has 5 nitrogen and oxygen atoms in total. The van der Waals surface area contributed by atoms with Crippen LogP contribution in [0, 0.1) is 5.92 Å². The van der Waals surface area contributed by atoms with E-state index in [9.17, 15) is 0 Å². The highest BCUT2D eigenvalue weighted by molar-refractivity contribution is 7.99. The molecule has 1 aromatic rings. The van der Waals surface area contributed by atoms with Gasteiger partial charge in [0, 0.05) is 24.8 Å². The molecule has 104 valence electrons. The second-order valence-electron chi connectivity index (χ2n) is 5.20. The van der Waals surface area contributed by atoms with Crippen molar-refractivity contribution < 1.29 is 0 Å². The van der Waals surface area contributed by atoms with Crippen LogP contribution in [0.1, 0.15) is 33.5 Å². The lowest BCUT2D eigenvalue weighted by molar-refractivity contribution is 0.451. The average Bonchev–Trinajstić information content (AvgIpc) is 2.70. The van der Waals surface area contributed by atoms with Gasteiger partial charge in [-0.3, -0.25) is 11.3 Å². The van der Waals surface area contributed by atoms with E-state index in [1.165, 1.54) is 0 Å². The van der Waals surface area contributed by atoms with E-state index in [1.54, 1.807) is 6.33 Å². The highest BCUT2D eigenvalue weighted by Crippen LogP contribution is 2.13. The van der Waals surface area contributed by atoms with Crippen molar-refractivity contribution in [2.45, 2.75) is 52.0 Å². The number of nitrogens with zero attached hydrogens (tertiary/aromatic N) is 3. The minimum absolute atomic E-state index is 0.243. The zero-order valence-electron chi connectivity index (χ0n) is 11.8. The van der Waals surface area contributed by atoms with Crippen LogP contribution in [-0.4, -0.2) is 31.8 Å². The maximum absolute atomic E-state index is 5.61. The Balaban J connectivity index is 2.55. The first-order valence-electron chi connectivity index (χ1n) is 6.47. The number of rotatable bonds is 8. The third-order valence-corrected chi connectivity index (χ3v) is 3.79. The zero-order valence-corrected chi connectivity index (χ0v) is 12.6. The zero-order chi connectivity index (χ0) is 13.5. The molecule has 0 bridgehead atoms. The predicted molar refractivity (Wildman–Crippen MR) is 77.3 cm³/mol. The van der Waals surface area contributed by atoms with Crippen molar-refractivity contribution in [1.29, 1.82) is 0 Å². The molecule has 6 heteroatoms. The number of thioether (sulfide) groups is 1. The van der Waals surface area contributed by atoms with Gasteiger partial charge in [-0.1, -0.05) is 27.7 Å². The lowest BCUT2D eigenvalue weighted by Gasteiger charge is -2.17. The Morgan fingerprint density at radius 1 is 1.39 bits per heavy atom. The minimum atomic E-state index is 0.243. The Hall–Kier alpha value is -0.590. The van der Waals surface area contributed by atoms with Crippen molar-refractivity contribution in [3.8, 4) is 0 Å². The molecule has 18 heavy (non-hydrogen) atoms. The smallest absolute Gasteiger partial charge is 0.138 e. The first kappa shape index (κ1) is 15.5. The van der Waals surface area contributed by atoms with Crippen molar-refractivity contribution in [2.24, 2.45) is 11.8 Å². The van der Waals surface area contributed by atoms with E-state index in [-0.39, 0.29) is 6.04 Å². The van der Waals surface area contributed by atoms with Crippen molar-refractivity contribution >= 4 is 11.8 Å². The molecule has 1 rings (SSSR count). The molecule has 1 heterocycles. The van der Waals surface area contributed by atoms with E-state index in [4.69, 9.17) is 5.84 Å². The fourth-order valence-corrected chi connectivity index (χ4v) is 2.47. The quantitative estimate of drug-likeness (QED) is 0.553. The van der Waals surface area contributed by atoms with Gasteiger partial charge in [0.05, 0.1) is 0 Å². The summed E-state index contributed by atoms with van der Waals surface area (Å²) in [5.41, 5.74) is 2.87. The molecule has 0 aromatic carbocycles. The number of hydrazine groups is 1. The van der Waals surface area contributed by atoms with Crippen LogP contribution in [-0.2, 0) is 13.0 Å². The van der Waals surface area contributed by atoms with Gasteiger partial charge in [0.1, 0.15) is 12.2 Å². The standard InChI is InChI=1S/C12H25N5S/c1-9(2)6-17-12(14-8-15-17)5-11(16-13)7-18-10(3)4/h8-11,16H,5-7,13H2,1-4H3. The summed E-state index contributed by atoms with van der Waals surface area (Å²) in [7, 11) is 0. The van der Waals surface area contributed by atoms with Gasteiger partial charge in [0.2, 0.25) is 0 Å². The molecule has 0 aliphatic heterocycles. The van der Waals surface area contributed by atoms with Gasteiger partial charge < -0.3 is 0 Å². The number of hydrogen-bond acceptors (Lipinski definition) is 5. The van der Waals surface area contributed by atoms with Crippen molar-refractivity contribution in [3.05, 3.63) is 12.2 Å². The molecule has 0 spiro atoms. The van der Waals surface area contributed by atoms with E-state index in [0.29, 0.717) is 11.2 Å². The van der Waals surface area contributed by atoms with Crippen LogP contribution in [0.2, 0.25) is 0 Å². The topological polar surface area (TPSA) is 68.8 Å². The highest BCUT2D eigenvalue weighted by Gasteiger charge is 2.14. The highest BCUT2D eigenvalue weighted by atomic mass is 32.2. The number of hydrogen-bond donors (Lipinski definition) is 2. The first-order valence-corrected chi connectivity index (χ1v) is 7.52. The fraction of sp³-hybridized carbons (Fsp3) is 0.833. The number of nitrogens with one attached hydrogen (secondary N) is 1. The van der Waals surface area contributed by atoms with Crippen molar-refractivity contribution in [3.63, 3.8) is 0 Å². The summed E-state index contributed by atoms with van der Waals surface area (Å²) in [6, 6.07) is 0.243. The van der Waals surface area contributed by atoms with Gasteiger partial charge in [-0.15, -0.1) is 0 Å². The van der Waals surface area contributed by atoms with E-state index >= 15 is 0 Å². The molecule has 1 atom stereocenters. The van der Waals surface area contributed by atoms with Crippen molar-refractivity contribution in [2.75, 3.05) is 5.75 Å². The first-order chi connectivity index (χ1) is 8.52. The van der Waals surface area contributed by atoms with Crippen molar-refractivity contribution in [1.82, 2.24) is 20.2 Å². The van der Waals surface area contributed by atoms with Gasteiger partial charge in [0.25, 0.3) is 0 Å². The molecule has 0 aliphatic rings. The predicted octanol–water partition coefficient (Wildman–Crippen LogP) is 1.45. The maximum Gasteiger partial charge on any atom is 0.138 e. The summed E-state index contributed by atoms with van der Waals surface area (Å²) < 4.78 is 1.98. The molecule has 0 saturated carbocycles. The summed E-state index contributed by atoms with van der Waals surface area (Å²) in [4.78, 5) is 4.33. The fourth-order valence-electron chi connectivity index (χ4n) is 1.64. The van der Waals surface area contributed by atoms with E-state index in [2.05, 4.69) is 43.2 Å². The van der Waals surface area contributed by atoms with Crippen LogP contribution in [0.15, 0.2) is 6.33 Å². The average molecular weight is 271 g/mol. The molecular weight excluding hydrogens is 246 g/mol. The lowest BCUT2D eigenvalue weighted by atomic mass is 10.2. The third kappa shape index (κ3) is 5.37. The van der Waals surface area contributed by atoms with Crippen LogP contribution in [0.5, 0.6) is 0 Å². The molecule has 0 aliphatic carbocycles. The molecule has 3 N–H and O–H groups in total. The van der Waals surface area contributed by atoms with Gasteiger partial charge in [0.15, 0.2) is 0 Å². The van der Waals surface area contributed by atoms with Gasteiger partial charge in [-0.25, -0.2) is 9.67 Å². The molecule has 0 fully saturated rings. The maximum atomic E-state index is 5.61. The summed E-state index contributed by atoms with van der Waals surface area (Å²) in [6.07, 6.45) is 2.45. The number of nitrogens with two attached hydrogens (primary N) is 1. The van der Waals surface area contributed by atoms with Crippen LogP contribution in [0.3, 0.4) is 0 Å². The summed E-state index contributed by atoms with van der Waals surface area (Å²) in [6.45, 7) is 9.65. The second-order valence-corrected chi connectivity index (χ2v) is 6.81. The third-order valence-electron chi connectivity index (χ3n) is 2.53. The molecule has 0 amide bonds. The molecule has 1 unspecified atom stereocenters. The van der Waals surface area contributed by atoms with E-state index in [0.717, 1.165) is 24.5 Å². The Morgan fingerprint density at radius 3 is 2.67 bits per heavy atom. The van der Waals surface area contributed by atoms with Gasteiger partial charge in [-0.2, -0.15) is 16.9 Å². The normalized spacial score (nSPS) is 13.5. The Labute approximate surface area is 114 Å². The summed E-state index contributed by atoms with van der Waals surface area (Å²) in [5.74, 6) is 8.17. The number of aromatic nitrogens is 3. The second kappa shape index (κ2) is 7.76. The van der Waals surface area contributed by atoms with E-state index < -0.39 is 0 Å². The Kier molecular flexibility index (Phi) is 6.67. The SMILES string of the molecule is CC(C)Cn1ncnc1CC(CSC(C)C)NN. The molecule has 0 saturated heterocycles. The minimum Gasteiger partial charge on any atom is -0.271 e. The monoisotopic (exact) mass is 271 g/mol. The molecule has 0 radical (unpaired) electrons. The molecular formula is C12H25N5S. The van der Waals surface area contributed by atoms with Crippen LogP contribution in [0.25, 0.3) is 0 Å². The molecule has 1 aromatic heterocycles. The largest absolute Gasteiger partial charge is 0.271 e. The Bertz CT molecular complexity index is 337. The van der Waals surface area contributed by atoms with E-state index in [1.807, 2.05) is 16.4 Å².